The molecule has 5 rings (SSSR count). The number of aromatic nitrogens is 1. The van der Waals surface area contributed by atoms with Gasteiger partial charge in [0.15, 0.2) is 0 Å². The number of phenols is 3. The van der Waals surface area contributed by atoms with Crippen LogP contribution in [0.2, 0.25) is 0 Å². The van der Waals surface area contributed by atoms with E-state index in [9.17, 15) is 88.8 Å². The second-order valence-electron chi connectivity index (χ2n) is 23.1. The molecule has 498 valence electrons. The number of hydrogen-bond donors (Lipinski definition) is 19. The summed E-state index contributed by atoms with van der Waals surface area (Å²) in [6.45, 7) is 4.91. The normalized spacial score (nSPS) is 14.9. The van der Waals surface area contributed by atoms with Gasteiger partial charge >= 0.3 is 5.97 Å². The first-order chi connectivity index (χ1) is 43.6. The van der Waals surface area contributed by atoms with Crippen molar-refractivity contribution in [2.75, 3.05) is 19.8 Å². The highest BCUT2D eigenvalue weighted by Crippen LogP contribution is 2.20. The van der Waals surface area contributed by atoms with Gasteiger partial charge in [0.1, 0.15) is 71.6 Å². The molecule has 9 amide bonds. The molecule has 11 atom stereocenters. The largest absolute Gasteiger partial charge is 0.508 e. The molecule has 0 unspecified atom stereocenters. The third-order valence-corrected chi connectivity index (χ3v) is 14.7. The van der Waals surface area contributed by atoms with Crippen molar-refractivity contribution in [3.05, 3.63) is 126 Å². The minimum absolute atomic E-state index is 0.0920. The van der Waals surface area contributed by atoms with Gasteiger partial charge in [-0.2, -0.15) is 0 Å². The van der Waals surface area contributed by atoms with E-state index in [-0.39, 0.29) is 67.6 Å². The third kappa shape index (κ3) is 22.4. The van der Waals surface area contributed by atoms with E-state index >= 15 is 0 Å². The van der Waals surface area contributed by atoms with Gasteiger partial charge < -0.3 is 99.4 Å². The fourth-order valence-electron chi connectivity index (χ4n) is 9.67. The number of carbonyl (C=O) groups excluding carboxylic acids is 9. The SMILES string of the molecule is CC(C)C[C@H](NC(=O)[C@H](Cc1ccc(O)cc1)NC(=O)[C@H](CO)NC(=O)[C@@H](NC(=O)[C@H](Cc1ccc(O)cc1)NC(=O)[C@H](CC(C)C)NC(=O)[C@@H](N)Cc1c[nH]c2ccccc12)[C@@H](C)O)C(=O)N[C@@H](Cc1ccc(O)cc1)C(=O)N[C@@H](CO)C(=O)N[C@@H](CO)C(=O)O. The smallest absolute Gasteiger partial charge is 0.328 e. The molecule has 0 aliphatic rings. The maximum atomic E-state index is 14.5. The molecule has 0 aliphatic heterocycles. The molecule has 0 radical (unpaired) electrons. The Bertz CT molecular complexity index is 3330. The maximum absolute atomic E-state index is 14.5. The molecule has 0 bridgehead atoms. The molecule has 1 heterocycles. The molecule has 92 heavy (non-hydrogen) atoms. The number of aliphatic hydroxyl groups is 4. The van der Waals surface area contributed by atoms with E-state index in [0.717, 1.165) is 23.4 Å². The Morgan fingerprint density at radius 1 is 0.413 bits per heavy atom. The van der Waals surface area contributed by atoms with Crippen LogP contribution in [0.25, 0.3) is 10.9 Å². The van der Waals surface area contributed by atoms with Gasteiger partial charge in [-0.05, 0) is 103 Å². The number of aromatic hydroxyl groups is 3. The monoisotopic (exact) mass is 1280 g/mol. The molecule has 29 heteroatoms. The summed E-state index contributed by atoms with van der Waals surface area (Å²) in [4.78, 5) is 141. The van der Waals surface area contributed by atoms with Gasteiger partial charge in [0.05, 0.1) is 32.0 Å². The minimum Gasteiger partial charge on any atom is -0.508 e. The summed E-state index contributed by atoms with van der Waals surface area (Å²) >= 11 is 0. The number of aliphatic carboxylic acids is 1. The van der Waals surface area contributed by atoms with Crippen molar-refractivity contribution in [1.29, 1.82) is 0 Å². The van der Waals surface area contributed by atoms with Crippen molar-refractivity contribution in [1.82, 2.24) is 52.8 Å². The minimum atomic E-state index is -1.91. The van der Waals surface area contributed by atoms with Crippen molar-refractivity contribution >= 4 is 70.0 Å². The first kappa shape index (κ1) is 73.1. The van der Waals surface area contributed by atoms with E-state index in [4.69, 9.17) is 5.73 Å². The molecular formula is C63H83N11O18. The Morgan fingerprint density at radius 3 is 1.12 bits per heavy atom. The lowest BCUT2D eigenvalue weighted by molar-refractivity contribution is -0.143. The van der Waals surface area contributed by atoms with E-state index in [1.54, 1.807) is 33.9 Å². The Morgan fingerprint density at radius 2 is 0.739 bits per heavy atom. The Labute approximate surface area is 529 Å². The summed E-state index contributed by atoms with van der Waals surface area (Å²) in [5.74, 6) is -11.8. The van der Waals surface area contributed by atoms with Gasteiger partial charge in [0, 0.05) is 36.4 Å². The molecule has 0 spiro atoms. The predicted octanol–water partition coefficient (Wildman–Crippen LogP) is -2.22. The van der Waals surface area contributed by atoms with E-state index in [0.29, 0.717) is 16.7 Å². The molecule has 20 N–H and O–H groups in total. The summed E-state index contributed by atoms with van der Waals surface area (Å²) < 4.78 is 0. The topological polar surface area (TPSA) is 483 Å². The molecule has 0 saturated carbocycles. The summed E-state index contributed by atoms with van der Waals surface area (Å²) in [6, 6.07) is 7.86. The molecule has 5 aromatic rings. The van der Waals surface area contributed by atoms with Gasteiger partial charge in [-0.3, -0.25) is 43.2 Å². The highest BCUT2D eigenvalue weighted by molar-refractivity contribution is 5.99. The zero-order chi connectivity index (χ0) is 67.9. The lowest BCUT2D eigenvalue weighted by Crippen LogP contribution is -2.63. The van der Waals surface area contributed by atoms with Gasteiger partial charge in [-0.15, -0.1) is 0 Å². The van der Waals surface area contributed by atoms with Crippen LogP contribution in [0.5, 0.6) is 17.2 Å². The number of aromatic amines is 1. The summed E-state index contributed by atoms with van der Waals surface area (Å²) in [5, 5.41) is 103. The fourth-order valence-corrected chi connectivity index (χ4v) is 9.67. The number of hydrogen-bond acceptors (Lipinski definition) is 18. The molecule has 0 aliphatic carbocycles. The van der Waals surface area contributed by atoms with Gasteiger partial charge in [0.2, 0.25) is 53.2 Å². The average molecular weight is 1280 g/mol. The number of nitrogens with two attached hydrogens (primary N) is 1. The Kier molecular flexibility index (Phi) is 27.8. The van der Waals surface area contributed by atoms with Crippen LogP contribution >= 0.6 is 0 Å². The lowest BCUT2D eigenvalue weighted by Gasteiger charge is -2.29. The number of amides is 9. The molecule has 29 nitrogen and oxygen atoms in total. The van der Waals surface area contributed by atoms with Crippen LogP contribution in [-0.2, 0) is 73.6 Å². The fraction of sp³-hybridized carbons (Fsp3) is 0.429. The predicted molar refractivity (Wildman–Crippen MR) is 332 cm³/mol. The first-order valence-electron chi connectivity index (χ1n) is 29.7. The molecular weight excluding hydrogens is 1200 g/mol. The number of fused-ring (bicyclic) bond motifs is 1. The van der Waals surface area contributed by atoms with E-state index in [2.05, 4.69) is 47.5 Å². The Hall–Kier alpha value is -9.68. The van der Waals surface area contributed by atoms with Crippen LogP contribution in [0, 0.1) is 11.8 Å². The number of carbonyl (C=O) groups is 10. The number of para-hydroxylation sites is 1. The summed E-state index contributed by atoms with van der Waals surface area (Å²) in [7, 11) is 0. The van der Waals surface area contributed by atoms with Crippen LogP contribution in [-0.4, -0.2) is 191 Å². The van der Waals surface area contributed by atoms with Gasteiger partial charge in [-0.1, -0.05) is 82.3 Å². The van der Waals surface area contributed by atoms with Crippen LogP contribution in [0.3, 0.4) is 0 Å². The zero-order valence-electron chi connectivity index (χ0n) is 51.4. The van der Waals surface area contributed by atoms with E-state index in [1.807, 2.05) is 29.6 Å². The van der Waals surface area contributed by atoms with Crippen molar-refractivity contribution in [3.8, 4) is 17.2 Å². The van der Waals surface area contributed by atoms with Crippen molar-refractivity contribution in [2.24, 2.45) is 17.6 Å². The average Bonchev–Trinajstić information content (AvgIpc) is 1.63. The number of carboxylic acids is 1. The highest BCUT2D eigenvalue weighted by atomic mass is 16.4. The number of carboxylic acid groups (broad SMARTS) is 1. The molecule has 1 aromatic heterocycles. The summed E-state index contributed by atoms with van der Waals surface area (Å²) in [6.07, 6.45) is -0.815. The summed E-state index contributed by atoms with van der Waals surface area (Å²) in [5.41, 5.74) is 9.10. The molecule has 0 fully saturated rings. The van der Waals surface area contributed by atoms with Crippen LogP contribution < -0.4 is 53.6 Å². The molecule has 4 aromatic carbocycles. The molecule has 0 saturated heterocycles. The number of benzene rings is 4. The number of phenolic OH excluding ortho intramolecular Hbond substituents is 3. The zero-order valence-corrected chi connectivity index (χ0v) is 51.4. The van der Waals surface area contributed by atoms with Crippen LogP contribution in [0.1, 0.15) is 69.7 Å². The second kappa shape index (κ2) is 35.1. The van der Waals surface area contributed by atoms with Gasteiger partial charge in [0.25, 0.3) is 0 Å². The van der Waals surface area contributed by atoms with Crippen molar-refractivity contribution < 1.29 is 88.8 Å². The highest BCUT2D eigenvalue weighted by Gasteiger charge is 2.37. The quantitative estimate of drug-likeness (QED) is 0.0204. The van der Waals surface area contributed by atoms with E-state index in [1.165, 1.54) is 72.8 Å². The third-order valence-electron chi connectivity index (χ3n) is 14.7. The number of nitrogens with one attached hydrogen (secondary N) is 10. The van der Waals surface area contributed by atoms with Crippen LogP contribution in [0.15, 0.2) is 103 Å². The standard InChI is InChI=1S/C63H83N11O18/c1-32(2)22-45(66-54(82)43(64)27-38-28-65-44-9-7-6-8-42(38)44)55(83)69-49(26-37-14-20-41(81)21-15-37)59(87)74-53(34(5)78)62(90)72-51(30-76)60(88)70-47(24-35-10-16-39(79)17-11-35)57(85)67-46(23-33(3)4)56(84)68-48(25-36-12-18-40(80)19-13-36)58(86)71-50(29-75)61(89)73-52(31-77)63(91)92/h6-21,28,32-34,43,45-53,65,75-81H,22-27,29-31,64H2,1-5H3,(H,66,82)(H,67,85)(H,68,84)(H,69,83)(H,70,88)(H,71,86)(H,72,90)(H,73,89)(H,74,87)(H,91,92)/t34-,43+,45+,46+,47+,48+,49+,50+,51+,52+,53+/m1/s1. The lowest BCUT2D eigenvalue weighted by atomic mass is 9.99. The van der Waals surface area contributed by atoms with Crippen molar-refractivity contribution in [2.45, 2.75) is 140 Å². The van der Waals surface area contributed by atoms with E-state index < -0.39 is 145 Å². The number of H-pyrrole nitrogens is 1. The van der Waals surface area contributed by atoms with Crippen molar-refractivity contribution in [3.63, 3.8) is 0 Å². The maximum Gasteiger partial charge on any atom is 0.328 e. The first-order valence-corrected chi connectivity index (χ1v) is 29.7. The number of aliphatic hydroxyl groups excluding tert-OH is 4. The van der Waals surface area contributed by atoms with Gasteiger partial charge in [-0.25, -0.2) is 4.79 Å². The number of rotatable bonds is 35. The Balaban J connectivity index is 1.36. The second-order valence-corrected chi connectivity index (χ2v) is 23.1. The van der Waals surface area contributed by atoms with Crippen LogP contribution in [0.4, 0.5) is 0 Å².